The first-order valence-electron chi connectivity index (χ1n) is 9.55. The van der Waals surface area contributed by atoms with Gasteiger partial charge in [-0.25, -0.2) is 4.98 Å². The lowest BCUT2D eigenvalue weighted by atomic mass is 10.1. The normalized spacial score (nSPS) is 12.9. The molecule has 1 amide bonds. The average Bonchev–Trinajstić information content (AvgIpc) is 3.22. The van der Waals surface area contributed by atoms with Crippen molar-refractivity contribution in [1.29, 1.82) is 0 Å². The van der Waals surface area contributed by atoms with E-state index in [4.69, 9.17) is 4.74 Å². The number of carbonyl (C=O) groups is 1. The Kier molecular flexibility index (Phi) is 5.94. The summed E-state index contributed by atoms with van der Waals surface area (Å²) in [4.78, 5) is 20.9. The van der Waals surface area contributed by atoms with Crippen molar-refractivity contribution in [2.45, 2.75) is 11.3 Å². The van der Waals surface area contributed by atoms with Gasteiger partial charge in [-0.2, -0.15) is 4.98 Å². The van der Waals surface area contributed by atoms with Crippen molar-refractivity contribution in [2.24, 2.45) is 0 Å². The first-order chi connectivity index (χ1) is 15.0. The van der Waals surface area contributed by atoms with E-state index >= 15 is 0 Å². The summed E-state index contributed by atoms with van der Waals surface area (Å²) in [6.45, 7) is 4.14. The molecule has 0 aliphatic carbocycles. The molecule has 1 atom stereocenters. The van der Waals surface area contributed by atoms with Gasteiger partial charge in [-0.15, -0.1) is 0 Å². The van der Waals surface area contributed by atoms with Crippen LogP contribution in [-0.2, 0) is 22.0 Å². The molecule has 2 aromatic carbocycles. The molecule has 31 heavy (non-hydrogen) atoms. The van der Waals surface area contributed by atoms with Gasteiger partial charge < -0.3 is 20.7 Å². The molecule has 0 bridgehead atoms. The zero-order valence-corrected chi connectivity index (χ0v) is 17.7. The minimum atomic E-state index is -1.30. The Labute approximate surface area is 182 Å². The van der Waals surface area contributed by atoms with Gasteiger partial charge in [0.25, 0.3) is 0 Å². The number of nitrogens with zero attached hydrogens (tertiary/aromatic N) is 2. The fraction of sp³-hybridized carbons (Fsp3) is 0.136. The molecule has 0 saturated carbocycles. The van der Waals surface area contributed by atoms with Crippen LogP contribution in [0.5, 0.6) is 5.75 Å². The smallest absolute Gasteiger partial charge is 0.247 e. The van der Waals surface area contributed by atoms with E-state index in [1.54, 1.807) is 24.5 Å². The molecule has 158 valence electrons. The van der Waals surface area contributed by atoms with Crippen molar-refractivity contribution >= 4 is 45.5 Å². The monoisotopic (exact) mass is 435 g/mol. The lowest BCUT2D eigenvalue weighted by molar-refractivity contribution is -0.111. The number of anilines is 5. The lowest BCUT2D eigenvalue weighted by Crippen LogP contribution is -2.08. The number of amides is 1. The SMILES string of the molecule is C=CC(=O)Nc1cccc(Nc2nc(Nc3ccc4c(c3)CCO4)ncc2S(C)=O)c1. The van der Waals surface area contributed by atoms with Crippen LogP contribution in [0.1, 0.15) is 5.56 Å². The molecule has 3 aromatic rings. The van der Waals surface area contributed by atoms with Gasteiger partial charge in [0, 0.05) is 29.7 Å². The Bertz CT molecular complexity index is 1180. The maximum absolute atomic E-state index is 12.2. The number of aromatic nitrogens is 2. The molecule has 3 N–H and O–H groups in total. The molecule has 0 spiro atoms. The van der Waals surface area contributed by atoms with Gasteiger partial charge in [-0.05, 0) is 48.0 Å². The fourth-order valence-electron chi connectivity index (χ4n) is 3.13. The van der Waals surface area contributed by atoms with Crippen molar-refractivity contribution in [2.75, 3.05) is 28.8 Å². The largest absolute Gasteiger partial charge is 0.493 e. The van der Waals surface area contributed by atoms with Crippen LogP contribution in [0.15, 0.2) is 66.2 Å². The minimum Gasteiger partial charge on any atom is -0.493 e. The second-order valence-corrected chi connectivity index (χ2v) is 8.15. The van der Waals surface area contributed by atoms with Gasteiger partial charge >= 0.3 is 0 Å². The van der Waals surface area contributed by atoms with Crippen molar-refractivity contribution < 1.29 is 13.7 Å². The van der Waals surface area contributed by atoms with Crippen molar-refractivity contribution in [1.82, 2.24) is 9.97 Å². The second kappa shape index (κ2) is 8.97. The molecule has 4 rings (SSSR count). The molecule has 2 heterocycles. The highest BCUT2D eigenvalue weighted by Gasteiger charge is 2.14. The third kappa shape index (κ3) is 4.89. The van der Waals surface area contributed by atoms with E-state index in [1.165, 1.54) is 12.3 Å². The Morgan fingerprint density at radius 3 is 2.77 bits per heavy atom. The summed E-state index contributed by atoms with van der Waals surface area (Å²) in [5.41, 5.74) is 3.25. The molecule has 0 fully saturated rings. The van der Waals surface area contributed by atoms with Crippen LogP contribution in [-0.4, -0.2) is 32.9 Å². The van der Waals surface area contributed by atoms with E-state index < -0.39 is 10.8 Å². The molecule has 9 heteroatoms. The molecule has 8 nitrogen and oxygen atoms in total. The number of hydrogen-bond acceptors (Lipinski definition) is 7. The van der Waals surface area contributed by atoms with Crippen LogP contribution in [0.3, 0.4) is 0 Å². The maximum Gasteiger partial charge on any atom is 0.247 e. The highest BCUT2D eigenvalue weighted by molar-refractivity contribution is 7.84. The van der Waals surface area contributed by atoms with Crippen molar-refractivity contribution in [3.05, 3.63) is 66.9 Å². The number of nitrogens with one attached hydrogen (secondary N) is 3. The van der Waals surface area contributed by atoms with Gasteiger partial charge in [0.05, 0.1) is 28.5 Å². The number of ether oxygens (including phenoxy) is 1. The van der Waals surface area contributed by atoms with Crippen LogP contribution >= 0.6 is 0 Å². The number of rotatable bonds is 7. The standard InChI is InChI=1S/C22H21N5O3S/c1-3-20(28)24-15-5-4-6-16(12-15)25-21-19(31(2)29)13-23-22(27-21)26-17-7-8-18-14(11-17)9-10-30-18/h3-8,11-13H,1,9-10H2,2H3,(H,24,28)(H2,23,25,26,27). The molecular formula is C22H21N5O3S. The van der Waals surface area contributed by atoms with Crippen molar-refractivity contribution in [3.63, 3.8) is 0 Å². The zero-order valence-electron chi connectivity index (χ0n) is 16.8. The highest BCUT2D eigenvalue weighted by atomic mass is 32.2. The fourth-order valence-corrected chi connectivity index (χ4v) is 3.70. The van der Waals surface area contributed by atoms with Gasteiger partial charge in [-0.1, -0.05) is 12.6 Å². The van der Waals surface area contributed by atoms with E-state index in [9.17, 15) is 9.00 Å². The summed E-state index contributed by atoms with van der Waals surface area (Å²) in [7, 11) is -1.30. The topological polar surface area (TPSA) is 105 Å². The van der Waals surface area contributed by atoms with Gasteiger partial charge in [0.1, 0.15) is 5.75 Å². The molecule has 1 aromatic heterocycles. The maximum atomic E-state index is 12.2. The van der Waals surface area contributed by atoms with Crippen LogP contribution < -0.4 is 20.7 Å². The number of hydrogen-bond donors (Lipinski definition) is 3. The average molecular weight is 436 g/mol. The number of fused-ring (bicyclic) bond motifs is 1. The quantitative estimate of drug-likeness (QED) is 0.485. The van der Waals surface area contributed by atoms with Gasteiger partial charge in [0.2, 0.25) is 11.9 Å². The van der Waals surface area contributed by atoms with Crippen LogP contribution in [0.2, 0.25) is 0 Å². The van der Waals surface area contributed by atoms with E-state index in [2.05, 4.69) is 32.5 Å². The number of benzene rings is 2. The summed E-state index contributed by atoms with van der Waals surface area (Å²) >= 11 is 0. The van der Waals surface area contributed by atoms with Gasteiger partial charge in [-0.3, -0.25) is 9.00 Å². The Morgan fingerprint density at radius 2 is 1.97 bits per heavy atom. The first-order valence-corrected chi connectivity index (χ1v) is 11.1. The predicted octanol–water partition coefficient (Wildman–Crippen LogP) is 3.76. The van der Waals surface area contributed by atoms with E-state index in [-0.39, 0.29) is 5.91 Å². The summed E-state index contributed by atoms with van der Waals surface area (Å²) in [5.74, 6) is 1.37. The first kappa shape index (κ1) is 20.5. The summed E-state index contributed by atoms with van der Waals surface area (Å²) < 4.78 is 17.7. The lowest BCUT2D eigenvalue weighted by Gasteiger charge is -2.13. The molecule has 1 unspecified atom stereocenters. The highest BCUT2D eigenvalue weighted by Crippen LogP contribution is 2.30. The van der Waals surface area contributed by atoms with Crippen molar-refractivity contribution in [3.8, 4) is 5.75 Å². The molecule has 0 saturated heterocycles. The summed E-state index contributed by atoms with van der Waals surface area (Å²) in [5, 5.41) is 9.07. The summed E-state index contributed by atoms with van der Waals surface area (Å²) in [6.07, 6.45) is 5.17. The predicted molar refractivity (Wildman–Crippen MR) is 122 cm³/mol. The van der Waals surface area contributed by atoms with E-state index in [0.717, 1.165) is 23.4 Å². The third-order valence-corrected chi connectivity index (χ3v) is 5.51. The van der Waals surface area contributed by atoms with Crippen LogP contribution in [0.4, 0.5) is 28.8 Å². The number of carbonyl (C=O) groups excluding carboxylic acids is 1. The molecular weight excluding hydrogens is 414 g/mol. The Balaban J connectivity index is 1.59. The Hall–Kier alpha value is -3.72. The molecule has 1 aliphatic rings. The third-order valence-electron chi connectivity index (χ3n) is 4.59. The van der Waals surface area contributed by atoms with E-state index in [0.29, 0.717) is 34.6 Å². The zero-order chi connectivity index (χ0) is 21.8. The van der Waals surface area contributed by atoms with E-state index in [1.807, 2.05) is 24.3 Å². The minimum absolute atomic E-state index is 0.305. The van der Waals surface area contributed by atoms with Crippen LogP contribution in [0.25, 0.3) is 0 Å². The van der Waals surface area contributed by atoms with Crippen LogP contribution in [0, 0.1) is 0 Å². The summed E-state index contributed by atoms with van der Waals surface area (Å²) in [6, 6.07) is 12.9. The van der Waals surface area contributed by atoms with Gasteiger partial charge in [0.15, 0.2) is 5.82 Å². The second-order valence-electron chi connectivity index (χ2n) is 6.81. The Morgan fingerprint density at radius 1 is 1.16 bits per heavy atom. The molecule has 0 radical (unpaired) electrons. The molecule has 1 aliphatic heterocycles.